The van der Waals surface area contributed by atoms with E-state index in [4.69, 9.17) is 24.3 Å². The second kappa shape index (κ2) is 15.0. The molecule has 0 aliphatic carbocycles. The molecule has 1 heterocycles. The van der Waals surface area contributed by atoms with E-state index in [1.807, 2.05) is 75.4 Å². The number of hydrogen-bond donors (Lipinski definition) is 0. The fraction of sp³-hybridized carbons (Fsp3) is 0.250. The molecule has 0 radical (unpaired) electrons. The summed E-state index contributed by atoms with van der Waals surface area (Å²) >= 11 is 10.8. The first-order chi connectivity index (χ1) is 22.1. The van der Waals surface area contributed by atoms with Gasteiger partial charge in [-0.2, -0.15) is 9.78 Å². The van der Waals surface area contributed by atoms with Gasteiger partial charge in [0, 0.05) is 30.1 Å². The average molecular weight is 812 g/mol. The van der Waals surface area contributed by atoms with Crippen LogP contribution in [0.1, 0.15) is 55.9 Å². The lowest BCUT2D eigenvalue weighted by atomic mass is 9.96. The van der Waals surface area contributed by atoms with E-state index in [1.165, 1.54) is 4.68 Å². The molecule has 46 heavy (non-hydrogen) atoms. The second-order valence-electron chi connectivity index (χ2n) is 10.9. The molecule has 10 heteroatoms. The summed E-state index contributed by atoms with van der Waals surface area (Å²) in [6.07, 6.45) is 1.64. The van der Waals surface area contributed by atoms with Crippen LogP contribution in [-0.2, 0) is 6.61 Å². The number of benzene rings is 4. The molecule has 0 unspecified atom stereocenters. The summed E-state index contributed by atoms with van der Waals surface area (Å²) < 4.78 is 22.1. The number of fused-ring (bicyclic) bond motifs is 1. The van der Waals surface area contributed by atoms with Crippen LogP contribution in [0.15, 0.2) is 90.0 Å². The summed E-state index contributed by atoms with van der Waals surface area (Å²) in [4.78, 5) is 18.9. The van der Waals surface area contributed by atoms with Gasteiger partial charge < -0.3 is 14.2 Å². The Kier molecular flexibility index (Phi) is 11.0. The van der Waals surface area contributed by atoms with E-state index in [0.29, 0.717) is 53.6 Å². The molecule has 0 saturated heterocycles. The lowest BCUT2D eigenvalue weighted by molar-refractivity contribution is 0.268. The fourth-order valence-corrected chi connectivity index (χ4v) is 6.61. The Morgan fingerprint density at radius 1 is 0.870 bits per heavy atom. The lowest BCUT2D eigenvalue weighted by Crippen LogP contribution is -2.21. The first-order valence-electron chi connectivity index (χ1n) is 15.0. The van der Waals surface area contributed by atoms with Crippen molar-refractivity contribution >= 4 is 64.9 Å². The maximum absolute atomic E-state index is 13.9. The maximum atomic E-state index is 13.9. The predicted octanol–water partition coefficient (Wildman–Crippen LogP) is 10.0. The standard InChI is InChI=1S/C36H34Br3N3O4/c1-6-44-32-14-22(5)28(17-27(32)21(3)4)35-41-31-11-9-8-10-26(31)36(43)42(35)40-19-24-15-33(45-7-2)34(18-30(24)39)46-20-23-12-13-25(37)16-29(23)38/h8-19,21H,6-7,20H2,1-5H3. The van der Waals surface area contributed by atoms with Gasteiger partial charge in [0.05, 0.1) is 30.3 Å². The molecule has 5 rings (SSSR count). The third-order valence-corrected chi connectivity index (χ3v) is 9.27. The molecule has 0 saturated carbocycles. The van der Waals surface area contributed by atoms with Gasteiger partial charge in [0.25, 0.3) is 5.56 Å². The average Bonchev–Trinajstić information content (AvgIpc) is 3.02. The van der Waals surface area contributed by atoms with E-state index < -0.39 is 0 Å². The normalized spacial score (nSPS) is 11.5. The van der Waals surface area contributed by atoms with Crippen molar-refractivity contribution < 1.29 is 14.2 Å². The highest BCUT2D eigenvalue weighted by Gasteiger charge is 2.19. The van der Waals surface area contributed by atoms with E-state index in [9.17, 15) is 4.79 Å². The second-order valence-corrected chi connectivity index (χ2v) is 13.5. The molecule has 0 aliphatic heterocycles. The number of aromatic nitrogens is 2. The van der Waals surface area contributed by atoms with E-state index in [-0.39, 0.29) is 11.5 Å². The maximum Gasteiger partial charge on any atom is 0.282 e. The lowest BCUT2D eigenvalue weighted by Gasteiger charge is -2.18. The van der Waals surface area contributed by atoms with E-state index in [0.717, 1.165) is 41.4 Å². The molecular formula is C36H34Br3N3O4. The third kappa shape index (κ3) is 7.40. The Balaban J connectivity index is 1.59. The van der Waals surface area contributed by atoms with Crippen molar-refractivity contribution in [2.24, 2.45) is 5.10 Å². The number of aryl methyl sites for hydroxylation is 1. The largest absolute Gasteiger partial charge is 0.494 e. The van der Waals surface area contributed by atoms with Crippen LogP contribution in [0.25, 0.3) is 22.3 Å². The van der Waals surface area contributed by atoms with Gasteiger partial charge in [-0.15, -0.1) is 0 Å². The van der Waals surface area contributed by atoms with Crippen LogP contribution < -0.4 is 19.8 Å². The molecular weight excluding hydrogens is 778 g/mol. The number of hydrogen-bond acceptors (Lipinski definition) is 6. The number of rotatable bonds is 11. The summed E-state index contributed by atoms with van der Waals surface area (Å²) in [6, 6.07) is 21.0. The molecule has 4 aromatic carbocycles. The van der Waals surface area contributed by atoms with Crippen LogP contribution in [0.4, 0.5) is 0 Å². The zero-order chi connectivity index (χ0) is 33.0. The highest BCUT2D eigenvalue weighted by Crippen LogP contribution is 2.36. The van der Waals surface area contributed by atoms with Gasteiger partial charge in [-0.05, 0) is 102 Å². The molecule has 0 amide bonds. The molecule has 0 N–H and O–H groups in total. The Labute approximate surface area is 294 Å². The molecule has 0 atom stereocenters. The van der Waals surface area contributed by atoms with E-state index in [2.05, 4.69) is 67.7 Å². The first-order valence-corrected chi connectivity index (χ1v) is 17.4. The molecule has 0 spiro atoms. The van der Waals surface area contributed by atoms with Crippen molar-refractivity contribution in [3.8, 4) is 28.6 Å². The Hall–Kier alpha value is -3.47. The summed E-state index contributed by atoms with van der Waals surface area (Å²) in [5.41, 5.74) is 4.81. The minimum atomic E-state index is -0.266. The zero-order valence-electron chi connectivity index (χ0n) is 26.2. The summed E-state index contributed by atoms with van der Waals surface area (Å²) in [5, 5.41) is 5.21. The smallest absolute Gasteiger partial charge is 0.282 e. The number of ether oxygens (including phenoxy) is 3. The van der Waals surface area contributed by atoms with Crippen LogP contribution in [-0.4, -0.2) is 29.1 Å². The first kappa shape index (κ1) is 33.9. The van der Waals surface area contributed by atoms with E-state index in [1.54, 1.807) is 12.3 Å². The van der Waals surface area contributed by atoms with Crippen molar-refractivity contribution in [1.82, 2.24) is 9.66 Å². The van der Waals surface area contributed by atoms with Crippen LogP contribution in [0.2, 0.25) is 0 Å². The van der Waals surface area contributed by atoms with Crippen LogP contribution in [0.3, 0.4) is 0 Å². The van der Waals surface area contributed by atoms with Gasteiger partial charge in [-0.3, -0.25) is 4.79 Å². The van der Waals surface area contributed by atoms with E-state index >= 15 is 0 Å². The highest BCUT2D eigenvalue weighted by molar-refractivity contribution is 9.11. The zero-order valence-corrected chi connectivity index (χ0v) is 31.0. The van der Waals surface area contributed by atoms with Crippen LogP contribution >= 0.6 is 47.8 Å². The molecule has 0 bridgehead atoms. The van der Waals surface area contributed by atoms with Crippen molar-refractivity contribution in [2.45, 2.75) is 47.1 Å². The monoisotopic (exact) mass is 809 g/mol. The Bertz CT molecular complexity index is 1990. The third-order valence-electron chi connectivity index (χ3n) is 7.35. The van der Waals surface area contributed by atoms with Gasteiger partial charge in [-0.25, -0.2) is 4.98 Å². The van der Waals surface area contributed by atoms with Gasteiger partial charge in [0.15, 0.2) is 17.3 Å². The number of para-hydroxylation sites is 1. The van der Waals surface area contributed by atoms with Gasteiger partial charge >= 0.3 is 0 Å². The predicted molar refractivity (Wildman–Crippen MR) is 196 cm³/mol. The van der Waals surface area contributed by atoms with Crippen molar-refractivity contribution in [3.05, 3.63) is 113 Å². The minimum Gasteiger partial charge on any atom is -0.494 e. The molecule has 1 aromatic heterocycles. The topological polar surface area (TPSA) is 74.9 Å². The van der Waals surface area contributed by atoms with Gasteiger partial charge in [0.1, 0.15) is 12.4 Å². The summed E-state index contributed by atoms with van der Waals surface area (Å²) in [5.74, 6) is 2.62. The molecule has 5 aromatic rings. The summed E-state index contributed by atoms with van der Waals surface area (Å²) in [6.45, 7) is 11.5. The highest BCUT2D eigenvalue weighted by atomic mass is 79.9. The fourth-order valence-electron chi connectivity index (χ4n) is 5.02. The van der Waals surface area contributed by atoms with Gasteiger partial charge in [0.2, 0.25) is 0 Å². The van der Waals surface area contributed by atoms with Crippen LogP contribution in [0, 0.1) is 6.92 Å². The SMILES string of the molecule is CCOc1cc(C=Nn2c(-c3cc(C(C)C)c(OCC)cc3C)nc3ccccc3c2=O)c(Br)cc1OCc1ccc(Br)cc1Br. The van der Waals surface area contributed by atoms with Crippen LogP contribution in [0.5, 0.6) is 17.2 Å². The molecule has 238 valence electrons. The summed E-state index contributed by atoms with van der Waals surface area (Å²) in [7, 11) is 0. The molecule has 0 aliphatic rings. The van der Waals surface area contributed by atoms with Crippen molar-refractivity contribution in [3.63, 3.8) is 0 Å². The van der Waals surface area contributed by atoms with Crippen molar-refractivity contribution in [2.75, 3.05) is 13.2 Å². The number of nitrogens with zero attached hydrogens (tertiary/aromatic N) is 3. The quantitative estimate of drug-likeness (QED) is 0.124. The molecule has 7 nitrogen and oxygen atoms in total. The number of halogens is 3. The minimum absolute atomic E-state index is 0.198. The van der Waals surface area contributed by atoms with Gasteiger partial charge in [-0.1, -0.05) is 63.9 Å². The molecule has 0 fully saturated rings. The van der Waals surface area contributed by atoms with Crippen molar-refractivity contribution in [1.29, 1.82) is 0 Å². The Morgan fingerprint density at radius 2 is 1.59 bits per heavy atom. The Morgan fingerprint density at radius 3 is 2.30 bits per heavy atom.